The first kappa shape index (κ1) is 16.1. The van der Waals surface area contributed by atoms with E-state index in [-0.39, 0.29) is 10.6 Å². The number of rotatable bonds is 4. The maximum Gasteiger partial charge on any atom is 0.238 e. The van der Waals surface area contributed by atoms with Gasteiger partial charge < -0.3 is 0 Å². The Labute approximate surface area is 142 Å². The number of benzene rings is 2. The third-order valence-corrected chi connectivity index (χ3v) is 5.05. The number of sulfonamides is 1. The summed E-state index contributed by atoms with van der Waals surface area (Å²) in [6, 6.07) is 15.3. The fraction of sp³-hybridized carbons (Fsp3) is 0. The number of hydrogen-bond acceptors (Lipinski definition) is 7. The van der Waals surface area contributed by atoms with Crippen LogP contribution in [0.4, 0.5) is 5.69 Å². The van der Waals surface area contributed by atoms with E-state index < -0.39 is 10.0 Å². The third-order valence-electron chi connectivity index (χ3n) is 3.08. The Morgan fingerprint density at radius 1 is 1.21 bits per heavy atom. The predicted molar refractivity (Wildman–Crippen MR) is 93.2 cm³/mol. The summed E-state index contributed by atoms with van der Waals surface area (Å²) in [5, 5.41) is 18.9. The number of nitrogens with zero attached hydrogens (tertiary/aromatic N) is 3. The van der Waals surface area contributed by atoms with Crippen LogP contribution in [0.3, 0.4) is 0 Å². The lowest BCUT2D eigenvalue weighted by atomic mass is 10.3. The molecule has 1 aromatic heterocycles. The molecular formula is C15H11N5O2S2. The zero-order valence-corrected chi connectivity index (χ0v) is 13.8. The van der Waals surface area contributed by atoms with Gasteiger partial charge in [0.25, 0.3) is 0 Å². The number of hydrogen-bond donors (Lipinski definition) is 2. The van der Waals surface area contributed by atoms with Crippen LogP contribution >= 0.6 is 11.3 Å². The second-order valence-electron chi connectivity index (χ2n) is 4.74. The summed E-state index contributed by atoms with van der Waals surface area (Å²) in [5.74, 6) is 0. The highest BCUT2D eigenvalue weighted by molar-refractivity contribution is 7.89. The van der Waals surface area contributed by atoms with Crippen LogP contribution in [0.15, 0.2) is 58.5 Å². The van der Waals surface area contributed by atoms with Gasteiger partial charge in [-0.2, -0.15) is 10.4 Å². The highest BCUT2D eigenvalue weighted by Crippen LogP contribution is 2.22. The molecule has 0 unspecified atom stereocenters. The van der Waals surface area contributed by atoms with Gasteiger partial charge in [0, 0.05) is 0 Å². The van der Waals surface area contributed by atoms with Crippen LogP contribution in [-0.2, 0) is 10.0 Å². The van der Waals surface area contributed by atoms with Crippen molar-refractivity contribution in [3.05, 3.63) is 53.5 Å². The smallest absolute Gasteiger partial charge is 0.238 e. The zero-order valence-electron chi connectivity index (χ0n) is 12.2. The number of hydrazone groups is 1. The van der Waals surface area contributed by atoms with Crippen molar-refractivity contribution < 1.29 is 8.42 Å². The molecule has 0 aliphatic heterocycles. The second-order valence-corrected chi connectivity index (χ2v) is 7.33. The van der Waals surface area contributed by atoms with E-state index in [0.29, 0.717) is 10.7 Å². The first-order valence-corrected chi connectivity index (χ1v) is 9.06. The largest absolute Gasteiger partial charge is 0.277 e. The number of anilines is 1. The summed E-state index contributed by atoms with van der Waals surface area (Å²) < 4.78 is 23.4. The molecule has 0 aliphatic carbocycles. The zero-order chi connectivity index (χ0) is 17.2. The summed E-state index contributed by atoms with van der Waals surface area (Å²) >= 11 is 1.37. The monoisotopic (exact) mass is 357 g/mol. The molecule has 0 atom stereocenters. The summed E-state index contributed by atoms with van der Waals surface area (Å²) in [7, 11) is -3.74. The van der Waals surface area contributed by atoms with E-state index in [1.807, 2.05) is 30.3 Å². The van der Waals surface area contributed by atoms with E-state index in [0.717, 1.165) is 10.2 Å². The maximum absolute atomic E-state index is 11.2. The molecule has 0 saturated carbocycles. The average Bonchev–Trinajstić information content (AvgIpc) is 2.99. The molecule has 0 saturated heterocycles. The quantitative estimate of drug-likeness (QED) is 0.548. The highest BCUT2D eigenvalue weighted by atomic mass is 32.2. The van der Waals surface area contributed by atoms with E-state index in [9.17, 15) is 13.7 Å². The lowest BCUT2D eigenvalue weighted by Crippen LogP contribution is -2.11. The molecular weight excluding hydrogens is 346 g/mol. The van der Waals surface area contributed by atoms with Crippen LogP contribution < -0.4 is 10.6 Å². The van der Waals surface area contributed by atoms with Crippen LogP contribution in [0.1, 0.15) is 5.01 Å². The number of nitriles is 1. The molecule has 0 spiro atoms. The Hall–Kier alpha value is -2.80. The van der Waals surface area contributed by atoms with Gasteiger partial charge in [-0.3, -0.25) is 5.43 Å². The summed E-state index contributed by atoms with van der Waals surface area (Å²) in [4.78, 5) is 4.38. The number of para-hydroxylation sites is 1. The number of nitrogens with one attached hydrogen (secondary N) is 1. The van der Waals surface area contributed by atoms with Crippen LogP contribution in [0.2, 0.25) is 0 Å². The molecule has 9 heteroatoms. The van der Waals surface area contributed by atoms with Gasteiger partial charge in [0.15, 0.2) is 10.7 Å². The van der Waals surface area contributed by atoms with Crippen molar-refractivity contribution in [2.45, 2.75) is 4.90 Å². The van der Waals surface area contributed by atoms with Crippen molar-refractivity contribution in [3.8, 4) is 6.07 Å². The lowest BCUT2D eigenvalue weighted by molar-refractivity contribution is 0.598. The molecule has 24 heavy (non-hydrogen) atoms. The van der Waals surface area contributed by atoms with Crippen molar-refractivity contribution >= 4 is 43.0 Å². The molecule has 0 fully saturated rings. The summed E-state index contributed by atoms with van der Waals surface area (Å²) in [6.45, 7) is 0. The first-order valence-electron chi connectivity index (χ1n) is 6.70. The van der Waals surface area contributed by atoms with Gasteiger partial charge in [-0.25, -0.2) is 18.5 Å². The molecule has 0 radical (unpaired) electrons. The topological polar surface area (TPSA) is 121 Å². The number of fused-ring (bicyclic) bond motifs is 1. The highest BCUT2D eigenvalue weighted by Gasteiger charge is 2.10. The van der Waals surface area contributed by atoms with Gasteiger partial charge in [0.05, 0.1) is 20.8 Å². The predicted octanol–water partition coefficient (Wildman–Crippen LogP) is 2.28. The number of aromatic nitrogens is 1. The van der Waals surface area contributed by atoms with E-state index in [1.165, 1.54) is 35.6 Å². The van der Waals surface area contributed by atoms with Gasteiger partial charge in [0.1, 0.15) is 6.07 Å². The third kappa shape index (κ3) is 3.41. The minimum absolute atomic E-state index is 0.00343. The molecule has 7 nitrogen and oxygen atoms in total. The van der Waals surface area contributed by atoms with Gasteiger partial charge in [-0.1, -0.05) is 12.1 Å². The Kier molecular flexibility index (Phi) is 4.26. The van der Waals surface area contributed by atoms with Crippen LogP contribution in [-0.4, -0.2) is 19.1 Å². The Morgan fingerprint density at radius 3 is 2.54 bits per heavy atom. The fourth-order valence-corrected chi connectivity index (χ4v) is 3.35. The molecule has 3 rings (SSSR count). The van der Waals surface area contributed by atoms with Gasteiger partial charge in [-0.15, -0.1) is 11.3 Å². The summed E-state index contributed by atoms with van der Waals surface area (Å²) in [5.41, 5.74) is 4.19. The van der Waals surface area contributed by atoms with Gasteiger partial charge in [0.2, 0.25) is 10.0 Å². The van der Waals surface area contributed by atoms with E-state index >= 15 is 0 Å². The van der Waals surface area contributed by atoms with Crippen molar-refractivity contribution in [3.63, 3.8) is 0 Å². The Balaban J connectivity index is 1.85. The lowest BCUT2D eigenvalue weighted by Gasteiger charge is -2.02. The molecule has 3 N–H and O–H groups in total. The number of nitrogens with two attached hydrogens (primary N) is 1. The standard InChI is InChI=1S/C15H11N5O2S2/c16-9-13(15-18-12-3-1-2-4-14(12)23-15)20-19-10-5-7-11(8-6-10)24(17,21)22/h1-8,19H,(H2,17,21,22)/b20-13+. The van der Waals surface area contributed by atoms with Crippen molar-refractivity contribution in [2.75, 3.05) is 5.43 Å². The molecule has 3 aromatic rings. The van der Waals surface area contributed by atoms with Crippen LogP contribution in [0.5, 0.6) is 0 Å². The van der Waals surface area contributed by atoms with E-state index in [1.54, 1.807) is 0 Å². The SMILES string of the molecule is N#C/C(=N\Nc1ccc(S(N)(=O)=O)cc1)c1nc2ccccc2s1. The number of primary sulfonamides is 1. The second kappa shape index (κ2) is 6.37. The minimum atomic E-state index is -3.74. The van der Waals surface area contributed by atoms with Gasteiger partial charge in [-0.05, 0) is 36.4 Å². The fourth-order valence-electron chi connectivity index (χ4n) is 1.93. The number of thiazole rings is 1. The van der Waals surface area contributed by atoms with E-state index in [2.05, 4.69) is 15.5 Å². The van der Waals surface area contributed by atoms with Gasteiger partial charge >= 0.3 is 0 Å². The molecule has 0 bridgehead atoms. The average molecular weight is 357 g/mol. The molecule has 0 amide bonds. The minimum Gasteiger partial charge on any atom is -0.277 e. The van der Waals surface area contributed by atoms with Crippen LogP contribution in [0, 0.1) is 11.3 Å². The van der Waals surface area contributed by atoms with Crippen molar-refractivity contribution in [1.82, 2.24) is 4.98 Å². The Bertz CT molecular complexity index is 1030. The molecule has 0 aliphatic rings. The maximum atomic E-state index is 11.2. The normalized spacial score (nSPS) is 12.1. The van der Waals surface area contributed by atoms with E-state index in [4.69, 9.17) is 5.14 Å². The molecule has 1 heterocycles. The van der Waals surface area contributed by atoms with Crippen molar-refractivity contribution in [2.24, 2.45) is 10.2 Å². The Morgan fingerprint density at radius 2 is 1.92 bits per heavy atom. The molecule has 2 aromatic carbocycles. The van der Waals surface area contributed by atoms with Crippen LogP contribution in [0.25, 0.3) is 10.2 Å². The summed E-state index contributed by atoms with van der Waals surface area (Å²) in [6.07, 6.45) is 0. The first-order chi connectivity index (χ1) is 11.5. The molecule has 120 valence electrons. The van der Waals surface area contributed by atoms with Crippen molar-refractivity contribution in [1.29, 1.82) is 5.26 Å².